The Morgan fingerprint density at radius 1 is 1.39 bits per heavy atom. The second-order valence-electron chi connectivity index (χ2n) is 5.56. The van der Waals surface area contributed by atoms with Crippen LogP contribution in [0.5, 0.6) is 0 Å². The van der Waals surface area contributed by atoms with E-state index in [2.05, 4.69) is 51.3 Å². The van der Waals surface area contributed by atoms with E-state index < -0.39 is 0 Å². The summed E-state index contributed by atoms with van der Waals surface area (Å²) in [6.45, 7) is 7.75. The lowest BCUT2D eigenvalue weighted by Crippen LogP contribution is -2.34. The van der Waals surface area contributed by atoms with Gasteiger partial charge in [-0.3, -0.25) is 4.68 Å². The van der Waals surface area contributed by atoms with Crippen molar-refractivity contribution in [1.29, 1.82) is 0 Å². The number of nitrogens with one attached hydrogen (secondary N) is 1. The lowest BCUT2D eigenvalue weighted by atomic mass is 9.76. The lowest BCUT2D eigenvalue weighted by molar-refractivity contribution is 0.230. The normalized spacial score (nSPS) is 14.7. The van der Waals surface area contributed by atoms with Crippen LogP contribution in [0.15, 0.2) is 6.07 Å². The van der Waals surface area contributed by atoms with Crippen molar-refractivity contribution in [3.05, 3.63) is 17.5 Å². The summed E-state index contributed by atoms with van der Waals surface area (Å²) in [6.07, 6.45) is 6.23. The van der Waals surface area contributed by atoms with Gasteiger partial charge in [0.05, 0.1) is 5.69 Å². The quantitative estimate of drug-likeness (QED) is 0.769. The van der Waals surface area contributed by atoms with Crippen molar-refractivity contribution >= 4 is 0 Å². The van der Waals surface area contributed by atoms with Crippen LogP contribution in [0.3, 0.4) is 0 Å². The second kappa shape index (κ2) is 6.93. The van der Waals surface area contributed by atoms with E-state index in [1.54, 1.807) is 0 Å². The summed E-state index contributed by atoms with van der Waals surface area (Å²) in [4.78, 5) is 0. The number of hydrogen-bond acceptors (Lipinski definition) is 2. The van der Waals surface area contributed by atoms with Crippen molar-refractivity contribution in [3.8, 4) is 0 Å². The summed E-state index contributed by atoms with van der Waals surface area (Å²) in [5.41, 5.74) is 2.86. The third kappa shape index (κ3) is 3.84. The molecule has 1 rings (SSSR count). The number of aromatic nitrogens is 2. The lowest BCUT2D eigenvalue weighted by Gasteiger charge is -2.33. The fourth-order valence-corrected chi connectivity index (χ4v) is 2.81. The van der Waals surface area contributed by atoms with Gasteiger partial charge in [0.25, 0.3) is 0 Å². The number of rotatable bonds is 8. The van der Waals surface area contributed by atoms with Gasteiger partial charge in [-0.25, -0.2) is 0 Å². The summed E-state index contributed by atoms with van der Waals surface area (Å²) in [6, 6.07) is 2.23. The first kappa shape index (κ1) is 15.2. The van der Waals surface area contributed by atoms with Crippen LogP contribution < -0.4 is 5.32 Å². The Balaban J connectivity index is 2.85. The molecule has 0 saturated carbocycles. The highest BCUT2D eigenvalue weighted by atomic mass is 15.3. The zero-order valence-corrected chi connectivity index (χ0v) is 12.7. The van der Waals surface area contributed by atoms with E-state index in [1.807, 2.05) is 4.68 Å². The average molecular weight is 251 g/mol. The molecule has 0 aromatic carbocycles. The van der Waals surface area contributed by atoms with Gasteiger partial charge in [0.15, 0.2) is 0 Å². The van der Waals surface area contributed by atoms with E-state index in [9.17, 15) is 0 Å². The van der Waals surface area contributed by atoms with Crippen molar-refractivity contribution in [3.63, 3.8) is 0 Å². The number of nitrogens with zero attached hydrogens (tertiary/aromatic N) is 2. The van der Waals surface area contributed by atoms with Crippen LogP contribution >= 0.6 is 0 Å². The third-order valence-corrected chi connectivity index (χ3v) is 4.02. The van der Waals surface area contributed by atoms with Crippen molar-refractivity contribution in [2.45, 2.75) is 52.9 Å². The highest BCUT2D eigenvalue weighted by molar-refractivity contribution is 5.11. The zero-order valence-electron chi connectivity index (χ0n) is 12.7. The Morgan fingerprint density at radius 3 is 2.56 bits per heavy atom. The van der Waals surface area contributed by atoms with Gasteiger partial charge in [-0.2, -0.15) is 5.10 Å². The monoisotopic (exact) mass is 251 g/mol. The maximum atomic E-state index is 4.47. The summed E-state index contributed by atoms with van der Waals surface area (Å²) < 4.78 is 2.04. The van der Waals surface area contributed by atoms with E-state index >= 15 is 0 Å². The molecule has 0 bridgehead atoms. The molecule has 3 nitrogen and oxygen atoms in total. The van der Waals surface area contributed by atoms with E-state index in [4.69, 9.17) is 0 Å². The average Bonchev–Trinajstić information content (AvgIpc) is 2.65. The summed E-state index contributed by atoms with van der Waals surface area (Å²) in [5.74, 6) is 0. The van der Waals surface area contributed by atoms with Crippen LogP contribution in [0.2, 0.25) is 0 Å². The van der Waals surface area contributed by atoms with Gasteiger partial charge in [-0.15, -0.1) is 0 Å². The molecule has 0 spiro atoms. The molecule has 1 aromatic rings. The van der Waals surface area contributed by atoms with Crippen molar-refractivity contribution in [1.82, 2.24) is 15.1 Å². The third-order valence-electron chi connectivity index (χ3n) is 4.02. The number of unbranched alkanes of at least 4 members (excludes halogenated alkanes) is 1. The van der Waals surface area contributed by atoms with Gasteiger partial charge in [-0.1, -0.05) is 26.7 Å². The Morgan fingerprint density at radius 2 is 2.11 bits per heavy atom. The predicted molar refractivity (Wildman–Crippen MR) is 77.8 cm³/mol. The first-order valence-electron chi connectivity index (χ1n) is 7.21. The van der Waals surface area contributed by atoms with Crippen LogP contribution in [-0.4, -0.2) is 23.4 Å². The van der Waals surface area contributed by atoms with E-state index in [-0.39, 0.29) is 0 Å². The fraction of sp³-hybridized carbons (Fsp3) is 0.800. The van der Waals surface area contributed by atoms with Gasteiger partial charge in [-0.05, 0) is 44.7 Å². The van der Waals surface area contributed by atoms with E-state index in [0.29, 0.717) is 5.41 Å². The molecular formula is C15H29N3. The molecule has 1 atom stereocenters. The SMILES string of the molecule is CCCCC(CC)(CNC)Cc1cc(C)nn1C. The molecule has 1 aromatic heterocycles. The van der Waals surface area contributed by atoms with Gasteiger partial charge in [0.2, 0.25) is 0 Å². The van der Waals surface area contributed by atoms with Crippen LogP contribution in [0.4, 0.5) is 0 Å². The smallest absolute Gasteiger partial charge is 0.0596 e. The largest absolute Gasteiger partial charge is 0.319 e. The van der Waals surface area contributed by atoms with Crippen molar-refractivity contribution in [2.24, 2.45) is 12.5 Å². The van der Waals surface area contributed by atoms with Crippen LogP contribution in [0.1, 0.15) is 50.9 Å². The molecule has 0 fully saturated rings. The van der Waals surface area contributed by atoms with Crippen molar-refractivity contribution < 1.29 is 0 Å². The van der Waals surface area contributed by atoms with Gasteiger partial charge in [0.1, 0.15) is 0 Å². The first-order valence-corrected chi connectivity index (χ1v) is 7.21. The Labute approximate surface area is 112 Å². The van der Waals surface area contributed by atoms with Gasteiger partial charge in [0, 0.05) is 19.3 Å². The van der Waals surface area contributed by atoms with E-state index in [0.717, 1.165) is 18.7 Å². The zero-order chi connectivity index (χ0) is 13.6. The van der Waals surface area contributed by atoms with Gasteiger partial charge < -0.3 is 5.32 Å². The molecule has 0 aliphatic carbocycles. The minimum Gasteiger partial charge on any atom is -0.319 e. The minimum atomic E-state index is 0.380. The Hall–Kier alpha value is -0.830. The van der Waals surface area contributed by atoms with Crippen molar-refractivity contribution in [2.75, 3.05) is 13.6 Å². The summed E-state index contributed by atoms with van der Waals surface area (Å²) in [5, 5.41) is 7.85. The molecule has 0 radical (unpaired) electrons. The van der Waals surface area contributed by atoms with Crippen LogP contribution in [0, 0.1) is 12.3 Å². The molecule has 0 aliphatic heterocycles. The molecule has 3 heteroatoms. The van der Waals surface area contributed by atoms with E-state index in [1.165, 1.54) is 31.4 Å². The minimum absolute atomic E-state index is 0.380. The Bertz CT molecular complexity index is 357. The highest BCUT2D eigenvalue weighted by Gasteiger charge is 2.28. The fourth-order valence-electron chi connectivity index (χ4n) is 2.81. The Kier molecular flexibility index (Phi) is 5.86. The molecule has 1 N–H and O–H groups in total. The molecule has 0 saturated heterocycles. The van der Waals surface area contributed by atoms with Crippen LogP contribution in [-0.2, 0) is 13.5 Å². The number of hydrogen-bond donors (Lipinski definition) is 1. The standard InChI is InChI=1S/C15H29N3/c1-6-8-9-15(7-2,12-16-4)11-14-10-13(3)17-18(14)5/h10,16H,6-9,11-12H2,1-5H3. The molecule has 104 valence electrons. The predicted octanol–water partition coefficient (Wildman–Crippen LogP) is 3.08. The molecule has 0 aliphatic rings. The molecule has 1 heterocycles. The molecule has 18 heavy (non-hydrogen) atoms. The maximum absolute atomic E-state index is 4.47. The molecule has 0 amide bonds. The number of aryl methyl sites for hydroxylation is 2. The first-order chi connectivity index (χ1) is 8.56. The molecular weight excluding hydrogens is 222 g/mol. The highest BCUT2D eigenvalue weighted by Crippen LogP contribution is 2.32. The second-order valence-corrected chi connectivity index (χ2v) is 5.56. The maximum Gasteiger partial charge on any atom is 0.0596 e. The van der Waals surface area contributed by atoms with Gasteiger partial charge >= 0.3 is 0 Å². The topological polar surface area (TPSA) is 29.9 Å². The molecule has 1 unspecified atom stereocenters. The van der Waals surface area contributed by atoms with Crippen LogP contribution in [0.25, 0.3) is 0 Å². The summed E-state index contributed by atoms with van der Waals surface area (Å²) in [7, 11) is 4.12. The summed E-state index contributed by atoms with van der Waals surface area (Å²) >= 11 is 0.